The first-order chi connectivity index (χ1) is 5.74. The van der Waals surface area contributed by atoms with Crippen LogP contribution >= 0.6 is 11.6 Å². The molecular formula is C8H10ClNO2. The van der Waals surface area contributed by atoms with E-state index in [4.69, 9.17) is 21.5 Å². The molecule has 0 aliphatic heterocycles. The number of hydrogen-bond acceptors (Lipinski definition) is 2. The first-order valence-electron chi connectivity index (χ1n) is 3.34. The predicted molar refractivity (Wildman–Crippen MR) is 44.1 cm³/mol. The summed E-state index contributed by atoms with van der Waals surface area (Å²) < 4.78 is 0. The van der Waals surface area contributed by atoms with Crippen molar-refractivity contribution >= 4 is 18.1 Å². The number of carboxylic acid groups (broad SMARTS) is 1. The quantitative estimate of drug-likeness (QED) is 0.600. The molecule has 12 heavy (non-hydrogen) atoms. The third-order valence-corrected chi connectivity index (χ3v) is 1.45. The second kappa shape index (κ2) is 6.64. The first-order valence-corrected chi connectivity index (χ1v) is 3.71. The lowest BCUT2D eigenvalue weighted by Crippen LogP contribution is -2.47. The van der Waals surface area contributed by atoms with Crippen LogP contribution in [0, 0.1) is 0 Å². The lowest BCUT2D eigenvalue weighted by molar-refractivity contribution is -0.386. The van der Waals surface area contributed by atoms with Crippen LogP contribution in [-0.2, 0) is 11.3 Å². The Labute approximate surface area is 75.8 Å². The zero-order valence-electron chi connectivity index (χ0n) is 6.50. The van der Waals surface area contributed by atoms with Gasteiger partial charge in [0.1, 0.15) is 0 Å². The molecule has 0 saturated heterocycles. The zero-order chi connectivity index (χ0) is 9.40. The summed E-state index contributed by atoms with van der Waals surface area (Å²) in [6, 6.07) is 7.72. The van der Waals surface area contributed by atoms with E-state index in [0.29, 0.717) is 0 Å². The van der Waals surface area contributed by atoms with Gasteiger partial charge >= 0.3 is 0 Å². The molecule has 3 nitrogen and oxygen atoms in total. The Morgan fingerprint density at radius 3 is 2.17 bits per heavy atom. The molecule has 0 aromatic heterocycles. The summed E-state index contributed by atoms with van der Waals surface area (Å²) in [5, 5.41) is 9.03. The van der Waals surface area contributed by atoms with E-state index in [1.54, 1.807) is 0 Å². The smallest absolute Gasteiger partial charge is 0.0997 e. The van der Waals surface area contributed by atoms with E-state index in [0.717, 1.165) is 11.6 Å². The van der Waals surface area contributed by atoms with Gasteiger partial charge in [0, 0.05) is 17.1 Å². The molecule has 0 spiro atoms. The summed E-state index contributed by atoms with van der Waals surface area (Å²) in [7, 11) is 0. The van der Waals surface area contributed by atoms with Crippen LogP contribution in [0.2, 0.25) is 5.02 Å². The van der Waals surface area contributed by atoms with Gasteiger partial charge in [-0.3, -0.25) is 0 Å². The van der Waals surface area contributed by atoms with Gasteiger partial charge in [0.05, 0.1) is 6.54 Å². The normalized spacial score (nSPS) is 8.17. The average molecular weight is 188 g/mol. The molecule has 0 unspecified atom stereocenters. The molecule has 0 radical (unpaired) electrons. The van der Waals surface area contributed by atoms with E-state index in [1.165, 1.54) is 5.56 Å². The third kappa shape index (κ3) is 4.71. The molecule has 0 aliphatic rings. The summed E-state index contributed by atoms with van der Waals surface area (Å²) in [4.78, 5) is 8.25. The Bertz CT molecular complexity index is 223. The van der Waals surface area contributed by atoms with Crippen LogP contribution in [0.25, 0.3) is 0 Å². The second-order valence-corrected chi connectivity index (χ2v) is 2.41. The Morgan fingerprint density at radius 1 is 1.42 bits per heavy atom. The maximum absolute atomic E-state index is 8.25. The number of halogens is 1. The first kappa shape index (κ1) is 10.9. The molecule has 0 saturated carbocycles. The summed E-state index contributed by atoms with van der Waals surface area (Å²) in [6.07, 6.45) is 0. The fourth-order valence-corrected chi connectivity index (χ4v) is 0.777. The van der Waals surface area contributed by atoms with Gasteiger partial charge in [-0.2, -0.15) is 0 Å². The molecule has 0 fully saturated rings. The van der Waals surface area contributed by atoms with Crippen molar-refractivity contribution in [2.45, 2.75) is 6.54 Å². The SMILES string of the molecule is O=C[O-].[NH3+]Cc1ccc(Cl)cc1. The standard InChI is InChI=1S/C7H8ClN.CH2O2/c8-7-3-1-6(5-9)2-4-7;2-1-3/h1-4H,5,9H2;1H,(H,2,3). The number of carbonyl (C=O) groups excluding carboxylic acids is 1. The Hall–Kier alpha value is -1.06. The lowest BCUT2D eigenvalue weighted by atomic mass is 10.2. The molecule has 1 rings (SSSR count). The minimum absolute atomic E-state index is 0.500. The summed E-state index contributed by atoms with van der Waals surface area (Å²) >= 11 is 5.65. The van der Waals surface area contributed by atoms with Crippen molar-refractivity contribution in [3.63, 3.8) is 0 Å². The number of rotatable bonds is 1. The molecule has 0 aliphatic carbocycles. The van der Waals surface area contributed by atoms with Gasteiger partial charge in [0.25, 0.3) is 0 Å². The molecule has 1 aromatic rings. The molecule has 1 aromatic carbocycles. The molecule has 3 N–H and O–H groups in total. The molecular weight excluding hydrogens is 178 g/mol. The van der Waals surface area contributed by atoms with Gasteiger partial charge in [0.15, 0.2) is 0 Å². The fraction of sp³-hybridized carbons (Fsp3) is 0.125. The number of quaternary nitrogens is 1. The lowest BCUT2D eigenvalue weighted by Gasteiger charge is -1.91. The van der Waals surface area contributed by atoms with E-state index in [2.05, 4.69) is 5.73 Å². The van der Waals surface area contributed by atoms with Gasteiger partial charge in [-0.05, 0) is 12.1 Å². The predicted octanol–water partition coefficient (Wildman–Crippen LogP) is -0.552. The molecule has 0 atom stereocenters. The monoisotopic (exact) mass is 187 g/mol. The van der Waals surface area contributed by atoms with Crippen molar-refractivity contribution in [2.24, 2.45) is 0 Å². The highest BCUT2D eigenvalue weighted by atomic mass is 35.5. The van der Waals surface area contributed by atoms with Crippen molar-refractivity contribution in [3.8, 4) is 0 Å². The minimum Gasteiger partial charge on any atom is -0.554 e. The Kier molecular flexibility index (Phi) is 6.05. The van der Waals surface area contributed by atoms with Crippen LogP contribution in [0.3, 0.4) is 0 Å². The molecule has 66 valence electrons. The maximum atomic E-state index is 8.25. The van der Waals surface area contributed by atoms with E-state index in [1.807, 2.05) is 24.3 Å². The molecule has 0 bridgehead atoms. The molecule has 0 amide bonds. The number of hydrogen-bond donors (Lipinski definition) is 1. The summed E-state index contributed by atoms with van der Waals surface area (Å²) in [5.41, 5.74) is 4.96. The fourth-order valence-electron chi connectivity index (χ4n) is 0.651. The van der Waals surface area contributed by atoms with E-state index in [-0.39, 0.29) is 0 Å². The Morgan fingerprint density at radius 2 is 1.83 bits per heavy atom. The third-order valence-electron chi connectivity index (χ3n) is 1.20. The highest BCUT2D eigenvalue weighted by molar-refractivity contribution is 6.30. The van der Waals surface area contributed by atoms with Crippen molar-refractivity contribution in [1.82, 2.24) is 0 Å². The van der Waals surface area contributed by atoms with E-state index >= 15 is 0 Å². The van der Waals surface area contributed by atoms with Crippen molar-refractivity contribution in [3.05, 3.63) is 34.9 Å². The van der Waals surface area contributed by atoms with Gasteiger partial charge in [-0.1, -0.05) is 23.7 Å². The molecule has 4 heteroatoms. The summed E-state index contributed by atoms with van der Waals surface area (Å²) in [5.74, 6) is 0. The highest BCUT2D eigenvalue weighted by Crippen LogP contribution is 2.07. The van der Waals surface area contributed by atoms with E-state index < -0.39 is 6.47 Å². The van der Waals surface area contributed by atoms with Crippen LogP contribution in [-0.4, -0.2) is 6.47 Å². The second-order valence-electron chi connectivity index (χ2n) is 1.97. The van der Waals surface area contributed by atoms with Gasteiger partial charge < -0.3 is 15.6 Å². The molecule has 0 heterocycles. The van der Waals surface area contributed by atoms with Crippen molar-refractivity contribution in [2.75, 3.05) is 0 Å². The van der Waals surface area contributed by atoms with Crippen molar-refractivity contribution in [1.29, 1.82) is 0 Å². The van der Waals surface area contributed by atoms with Crippen molar-refractivity contribution < 1.29 is 15.6 Å². The van der Waals surface area contributed by atoms with Gasteiger partial charge in [-0.15, -0.1) is 0 Å². The largest absolute Gasteiger partial charge is 0.554 e. The zero-order valence-corrected chi connectivity index (χ0v) is 7.25. The van der Waals surface area contributed by atoms with Crippen LogP contribution < -0.4 is 10.8 Å². The highest BCUT2D eigenvalue weighted by Gasteiger charge is 1.88. The van der Waals surface area contributed by atoms with Gasteiger partial charge in [-0.25, -0.2) is 0 Å². The summed E-state index contributed by atoms with van der Waals surface area (Å²) in [6.45, 7) is 0.331. The Balaban J connectivity index is 0.000000354. The topological polar surface area (TPSA) is 67.8 Å². The van der Waals surface area contributed by atoms with Crippen LogP contribution in [0.4, 0.5) is 0 Å². The van der Waals surface area contributed by atoms with E-state index in [9.17, 15) is 0 Å². The van der Waals surface area contributed by atoms with Crippen LogP contribution in [0.15, 0.2) is 24.3 Å². The minimum atomic E-state index is -0.500. The van der Waals surface area contributed by atoms with Crippen LogP contribution in [0.1, 0.15) is 5.56 Å². The number of benzene rings is 1. The maximum Gasteiger partial charge on any atom is 0.0997 e. The van der Waals surface area contributed by atoms with Gasteiger partial charge in [0.2, 0.25) is 0 Å². The number of carbonyl (C=O) groups is 1. The van der Waals surface area contributed by atoms with Crippen LogP contribution in [0.5, 0.6) is 0 Å². The average Bonchev–Trinajstić information content (AvgIpc) is 2.07.